The van der Waals surface area contributed by atoms with Gasteiger partial charge in [-0.15, -0.1) is 10.2 Å². The van der Waals surface area contributed by atoms with Gasteiger partial charge in [-0.3, -0.25) is 0 Å². The average molecular weight is 318 g/mol. The van der Waals surface area contributed by atoms with Crippen LogP contribution in [0.4, 0.5) is 5.13 Å². The Labute approximate surface area is 121 Å². The highest BCUT2D eigenvalue weighted by atomic mass is 32.2. The molecule has 3 rings (SSSR count). The van der Waals surface area contributed by atoms with Crippen LogP contribution in [0.1, 0.15) is 32.1 Å². The largest absolute Gasteiger partial charge is 0.390 e. The standard InChI is InChI=1S/C11H18N4O3S2/c12-9-13-14-10(19-9)20(17,18)15-6-5-11(16)4-2-1-3-8(11)7-15/h8,16H,1-7H2,(H2,12,13). The molecule has 2 aliphatic rings. The van der Waals surface area contributed by atoms with Crippen LogP contribution in [-0.4, -0.2) is 46.7 Å². The van der Waals surface area contributed by atoms with Crippen molar-refractivity contribution >= 4 is 26.5 Å². The van der Waals surface area contributed by atoms with E-state index in [0.29, 0.717) is 19.5 Å². The predicted octanol–water partition coefficient (Wildman–Crippen LogP) is 0.436. The Balaban J connectivity index is 1.82. The van der Waals surface area contributed by atoms with Crippen LogP contribution in [0.25, 0.3) is 0 Å². The van der Waals surface area contributed by atoms with Crippen molar-refractivity contribution in [2.45, 2.75) is 42.0 Å². The summed E-state index contributed by atoms with van der Waals surface area (Å²) in [5.41, 5.74) is 4.76. The van der Waals surface area contributed by atoms with Gasteiger partial charge in [0.15, 0.2) is 0 Å². The normalized spacial score (nSPS) is 31.9. The monoisotopic (exact) mass is 318 g/mol. The lowest BCUT2D eigenvalue weighted by Gasteiger charge is -2.46. The highest BCUT2D eigenvalue weighted by Crippen LogP contribution is 2.41. The van der Waals surface area contributed by atoms with Gasteiger partial charge in [0, 0.05) is 19.0 Å². The fourth-order valence-corrected chi connectivity index (χ4v) is 5.60. The molecule has 1 aromatic rings. The molecular formula is C11H18N4O3S2. The number of nitrogen functional groups attached to an aromatic ring is 1. The molecule has 1 saturated carbocycles. The number of fused-ring (bicyclic) bond motifs is 1. The fraction of sp³-hybridized carbons (Fsp3) is 0.818. The van der Waals surface area contributed by atoms with Crippen LogP contribution in [0.5, 0.6) is 0 Å². The van der Waals surface area contributed by atoms with E-state index in [1.807, 2.05) is 0 Å². The lowest BCUT2D eigenvalue weighted by Crippen LogP contribution is -2.54. The molecule has 1 aromatic heterocycles. The number of hydrogen-bond acceptors (Lipinski definition) is 7. The van der Waals surface area contributed by atoms with E-state index < -0.39 is 15.6 Å². The number of nitrogens with zero attached hydrogens (tertiary/aromatic N) is 3. The summed E-state index contributed by atoms with van der Waals surface area (Å²) in [5, 5.41) is 17.9. The number of aromatic nitrogens is 2. The predicted molar refractivity (Wildman–Crippen MR) is 74.6 cm³/mol. The molecule has 3 N–H and O–H groups in total. The first-order chi connectivity index (χ1) is 9.42. The van der Waals surface area contributed by atoms with E-state index in [1.54, 1.807) is 0 Å². The van der Waals surface area contributed by atoms with Crippen molar-refractivity contribution in [1.82, 2.24) is 14.5 Å². The van der Waals surface area contributed by atoms with E-state index in [-0.39, 0.29) is 15.4 Å². The Morgan fingerprint density at radius 3 is 2.85 bits per heavy atom. The molecule has 1 saturated heterocycles. The summed E-state index contributed by atoms with van der Waals surface area (Å²) in [5.74, 6) is 0.0186. The quantitative estimate of drug-likeness (QED) is 0.818. The van der Waals surface area contributed by atoms with Crippen molar-refractivity contribution in [3.63, 3.8) is 0 Å². The van der Waals surface area contributed by atoms with E-state index in [9.17, 15) is 13.5 Å². The summed E-state index contributed by atoms with van der Waals surface area (Å²) in [6, 6.07) is 0. The summed E-state index contributed by atoms with van der Waals surface area (Å²) in [6.07, 6.45) is 4.21. The Kier molecular flexibility index (Phi) is 3.47. The van der Waals surface area contributed by atoms with Crippen molar-refractivity contribution in [3.8, 4) is 0 Å². The zero-order valence-electron chi connectivity index (χ0n) is 11.0. The maximum Gasteiger partial charge on any atom is 0.272 e. The molecule has 7 nitrogen and oxygen atoms in total. The lowest BCUT2D eigenvalue weighted by molar-refractivity contribution is -0.0816. The molecule has 9 heteroatoms. The zero-order valence-corrected chi connectivity index (χ0v) is 12.7. The van der Waals surface area contributed by atoms with Crippen LogP contribution in [-0.2, 0) is 10.0 Å². The molecule has 0 radical (unpaired) electrons. The molecule has 1 aliphatic heterocycles. The molecular weight excluding hydrogens is 300 g/mol. The van der Waals surface area contributed by atoms with Crippen molar-refractivity contribution in [2.24, 2.45) is 5.92 Å². The van der Waals surface area contributed by atoms with E-state index in [0.717, 1.165) is 37.0 Å². The topological polar surface area (TPSA) is 109 Å². The van der Waals surface area contributed by atoms with E-state index in [2.05, 4.69) is 10.2 Å². The second-order valence-corrected chi connectivity index (χ2v) is 8.69. The van der Waals surface area contributed by atoms with E-state index in [1.165, 1.54) is 4.31 Å². The first-order valence-electron chi connectivity index (χ1n) is 6.73. The number of aliphatic hydroxyl groups is 1. The summed E-state index contributed by atoms with van der Waals surface area (Å²) in [4.78, 5) is 0. The molecule has 0 aromatic carbocycles. The summed E-state index contributed by atoms with van der Waals surface area (Å²) >= 11 is 0.880. The van der Waals surface area contributed by atoms with Crippen LogP contribution < -0.4 is 5.73 Å². The number of nitrogens with two attached hydrogens (primary N) is 1. The zero-order chi connectivity index (χ0) is 14.4. The van der Waals surface area contributed by atoms with Gasteiger partial charge in [-0.25, -0.2) is 8.42 Å². The number of sulfonamides is 1. The number of anilines is 1. The highest BCUT2D eigenvalue weighted by Gasteiger charge is 2.46. The molecule has 2 heterocycles. The van der Waals surface area contributed by atoms with Gasteiger partial charge in [-0.2, -0.15) is 4.31 Å². The van der Waals surface area contributed by atoms with Crippen molar-refractivity contribution in [1.29, 1.82) is 0 Å². The number of hydrogen-bond donors (Lipinski definition) is 2. The third-order valence-electron chi connectivity index (χ3n) is 4.37. The minimum absolute atomic E-state index is 0.0186. The van der Waals surface area contributed by atoms with Crippen LogP contribution in [0, 0.1) is 5.92 Å². The minimum atomic E-state index is -3.63. The van der Waals surface area contributed by atoms with Crippen molar-refractivity contribution < 1.29 is 13.5 Å². The molecule has 0 spiro atoms. The molecule has 0 bridgehead atoms. The minimum Gasteiger partial charge on any atom is -0.390 e. The Hall–Kier alpha value is -0.770. The molecule has 2 unspecified atom stereocenters. The van der Waals surface area contributed by atoms with Gasteiger partial charge in [0.1, 0.15) is 0 Å². The Bertz CT molecular complexity index is 603. The number of piperidine rings is 1. The smallest absolute Gasteiger partial charge is 0.272 e. The van der Waals surface area contributed by atoms with Gasteiger partial charge >= 0.3 is 0 Å². The molecule has 1 aliphatic carbocycles. The summed E-state index contributed by atoms with van der Waals surface area (Å²) in [7, 11) is -3.63. The molecule has 0 amide bonds. The van der Waals surface area contributed by atoms with Crippen LogP contribution in [0.15, 0.2) is 4.34 Å². The Morgan fingerprint density at radius 2 is 2.15 bits per heavy atom. The third kappa shape index (κ3) is 2.32. The SMILES string of the molecule is Nc1nnc(S(=O)(=O)N2CCC3(O)CCCCC3C2)s1. The molecule has 20 heavy (non-hydrogen) atoms. The van der Waals surface area contributed by atoms with Crippen molar-refractivity contribution in [2.75, 3.05) is 18.8 Å². The first kappa shape index (κ1) is 14.2. The van der Waals surface area contributed by atoms with Crippen LogP contribution >= 0.6 is 11.3 Å². The highest BCUT2D eigenvalue weighted by molar-refractivity contribution is 7.91. The van der Waals surface area contributed by atoms with E-state index >= 15 is 0 Å². The molecule has 2 fully saturated rings. The van der Waals surface area contributed by atoms with Gasteiger partial charge < -0.3 is 10.8 Å². The summed E-state index contributed by atoms with van der Waals surface area (Å²) < 4.78 is 26.3. The molecule has 2 atom stereocenters. The summed E-state index contributed by atoms with van der Waals surface area (Å²) in [6.45, 7) is 0.688. The lowest BCUT2D eigenvalue weighted by atomic mass is 9.72. The maximum atomic E-state index is 12.5. The average Bonchev–Trinajstić information content (AvgIpc) is 2.85. The first-order valence-corrected chi connectivity index (χ1v) is 8.99. The molecule has 112 valence electrons. The fourth-order valence-electron chi connectivity index (χ4n) is 3.19. The van der Waals surface area contributed by atoms with Crippen molar-refractivity contribution in [3.05, 3.63) is 0 Å². The maximum absolute atomic E-state index is 12.5. The van der Waals surface area contributed by atoms with E-state index in [4.69, 9.17) is 5.73 Å². The van der Waals surface area contributed by atoms with Crippen LogP contribution in [0.3, 0.4) is 0 Å². The second-order valence-electron chi connectivity index (χ2n) is 5.57. The van der Waals surface area contributed by atoms with Gasteiger partial charge in [0.25, 0.3) is 10.0 Å². The van der Waals surface area contributed by atoms with Gasteiger partial charge in [-0.05, 0) is 19.3 Å². The van der Waals surface area contributed by atoms with Gasteiger partial charge in [0.05, 0.1) is 5.60 Å². The number of rotatable bonds is 2. The van der Waals surface area contributed by atoms with Gasteiger partial charge in [-0.1, -0.05) is 24.2 Å². The van der Waals surface area contributed by atoms with Gasteiger partial charge in [0.2, 0.25) is 9.47 Å². The third-order valence-corrected chi connectivity index (χ3v) is 7.34. The Morgan fingerprint density at radius 1 is 1.35 bits per heavy atom. The second kappa shape index (κ2) is 4.90. The van der Waals surface area contributed by atoms with Crippen LogP contribution in [0.2, 0.25) is 0 Å².